The number of ether oxygens (including phenoxy) is 3. The summed E-state index contributed by atoms with van der Waals surface area (Å²) < 4.78 is 31.6. The lowest BCUT2D eigenvalue weighted by Gasteiger charge is -2.24. The lowest BCUT2D eigenvalue weighted by atomic mass is 9.96. The van der Waals surface area contributed by atoms with E-state index in [1.54, 1.807) is 44.2 Å². The van der Waals surface area contributed by atoms with E-state index in [0.29, 0.717) is 37.7 Å². The second-order valence-electron chi connectivity index (χ2n) is 7.44. The Morgan fingerprint density at radius 2 is 1.91 bits per heavy atom. The Morgan fingerprint density at radius 3 is 2.56 bits per heavy atom. The van der Waals surface area contributed by atoms with Crippen LogP contribution in [0.1, 0.15) is 31.0 Å². The summed E-state index contributed by atoms with van der Waals surface area (Å²) in [6, 6.07) is 10.3. The molecule has 1 aromatic heterocycles. The van der Waals surface area contributed by atoms with Gasteiger partial charge in [-0.3, -0.25) is 9.36 Å². The van der Waals surface area contributed by atoms with Gasteiger partial charge in [-0.25, -0.2) is 14.2 Å². The summed E-state index contributed by atoms with van der Waals surface area (Å²) in [5, 5.41) is 0. The van der Waals surface area contributed by atoms with Crippen LogP contribution in [0.25, 0.3) is 6.08 Å². The second-order valence-corrected chi connectivity index (χ2v) is 8.45. The lowest BCUT2D eigenvalue weighted by Crippen LogP contribution is -2.39. The summed E-state index contributed by atoms with van der Waals surface area (Å²) in [5.74, 6) is 0.0458. The predicted molar refractivity (Wildman–Crippen MR) is 126 cm³/mol. The van der Waals surface area contributed by atoms with Crippen LogP contribution in [0.3, 0.4) is 0 Å². The number of esters is 1. The van der Waals surface area contributed by atoms with Crippen LogP contribution in [0.4, 0.5) is 4.39 Å². The molecule has 9 heteroatoms. The summed E-state index contributed by atoms with van der Waals surface area (Å²) >= 11 is 1.19. The zero-order valence-corrected chi connectivity index (χ0v) is 19.9. The molecule has 34 heavy (non-hydrogen) atoms. The molecule has 0 spiro atoms. The number of hydrogen-bond acceptors (Lipinski definition) is 7. The fourth-order valence-corrected chi connectivity index (χ4v) is 4.96. The van der Waals surface area contributed by atoms with Gasteiger partial charge in [-0.15, -0.1) is 0 Å². The molecular formula is C25H23FN2O5S. The van der Waals surface area contributed by atoms with E-state index in [9.17, 15) is 14.0 Å². The molecule has 0 amide bonds. The minimum absolute atomic E-state index is 0.172. The van der Waals surface area contributed by atoms with E-state index >= 15 is 0 Å². The Morgan fingerprint density at radius 1 is 1.18 bits per heavy atom. The molecule has 0 saturated carbocycles. The first-order valence-electron chi connectivity index (χ1n) is 10.6. The normalized spacial score (nSPS) is 15.6. The Bertz CT molecular complexity index is 1450. The number of rotatable bonds is 6. The molecule has 0 bridgehead atoms. The minimum Gasteiger partial charge on any atom is -0.493 e. The summed E-state index contributed by atoms with van der Waals surface area (Å²) in [6.07, 6.45) is 1.70. The predicted octanol–water partition coefficient (Wildman–Crippen LogP) is 2.95. The molecule has 176 valence electrons. The number of thiazole rings is 1. The third-order valence-electron chi connectivity index (χ3n) is 5.42. The Balaban J connectivity index is 1.97. The number of fused-ring (bicyclic) bond motifs is 1. The van der Waals surface area contributed by atoms with Gasteiger partial charge in [0.2, 0.25) is 0 Å². The lowest BCUT2D eigenvalue weighted by molar-refractivity contribution is -0.139. The quantitative estimate of drug-likeness (QED) is 0.505. The molecule has 2 aromatic carbocycles. The molecule has 2 heterocycles. The maximum atomic E-state index is 13.6. The van der Waals surface area contributed by atoms with Crippen molar-refractivity contribution < 1.29 is 23.4 Å². The molecule has 0 N–H and O–H groups in total. The maximum Gasteiger partial charge on any atom is 0.338 e. The van der Waals surface area contributed by atoms with Crippen molar-refractivity contribution in [1.82, 2.24) is 4.57 Å². The number of methoxy groups -OCH3 is 2. The maximum absolute atomic E-state index is 13.6. The largest absolute Gasteiger partial charge is 0.493 e. The number of carbonyl (C=O) groups is 1. The second kappa shape index (κ2) is 9.64. The number of aromatic nitrogens is 1. The Labute approximate surface area is 199 Å². The van der Waals surface area contributed by atoms with E-state index in [1.807, 2.05) is 6.07 Å². The molecule has 7 nitrogen and oxygen atoms in total. The van der Waals surface area contributed by atoms with Crippen LogP contribution in [-0.2, 0) is 9.53 Å². The van der Waals surface area contributed by atoms with E-state index < -0.39 is 17.8 Å². The van der Waals surface area contributed by atoms with Crippen molar-refractivity contribution in [2.75, 3.05) is 20.8 Å². The number of allylic oxidation sites excluding steroid dienone is 1. The first kappa shape index (κ1) is 23.4. The Kier molecular flexibility index (Phi) is 6.65. The topological polar surface area (TPSA) is 79.1 Å². The first-order valence-corrected chi connectivity index (χ1v) is 11.4. The Hall–Kier alpha value is -3.72. The van der Waals surface area contributed by atoms with Crippen molar-refractivity contribution >= 4 is 23.4 Å². The van der Waals surface area contributed by atoms with Crippen molar-refractivity contribution in [2.45, 2.75) is 19.9 Å². The van der Waals surface area contributed by atoms with Crippen LogP contribution in [0, 0.1) is 5.82 Å². The third kappa shape index (κ3) is 4.14. The van der Waals surface area contributed by atoms with Crippen LogP contribution in [-0.4, -0.2) is 31.4 Å². The van der Waals surface area contributed by atoms with Crippen molar-refractivity contribution in [3.63, 3.8) is 0 Å². The number of para-hydroxylation sites is 1. The van der Waals surface area contributed by atoms with Gasteiger partial charge in [0.15, 0.2) is 16.3 Å². The average Bonchev–Trinajstić information content (AvgIpc) is 3.13. The smallest absolute Gasteiger partial charge is 0.338 e. The van der Waals surface area contributed by atoms with Gasteiger partial charge in [-0.05, 0) is 43.7 Å². The van der Waals surface area contributed by atoms with Gasteiger partial charge in [-0.2, -0.15) is 0 Å². The molecular weight excluding hydrogens is 459 g/mol. The highest BCUT2D eigenvalue weighted by Crippen LogP contribution is 2.32. The van der Waals surface area contributed by atoms with Gasteiger partial charge in [-0.1, -0.05) is 35.6 Å². The van der Waals surface area contributed by atoms with Crippen molar-refractivity contribution in [3.05, 3.63) is 90.4 Å². The molecule has 0 saturated heterocycles. The standard InChI is InChI=1S/C25H23FN2O5S/c1-5-33-24(30)20-14(2)27-25-28(21(20)15-9-11-17(26)12-10-15)23(29)19(34-25)13-16-7-6-8-18(31-3)22(16)32-4/h6-13,21H,5H2,1-4H3/b19-13-/t21-/m1/s1. The van der Waals surface area contributed by atoms with Crippen molar-refractivity contribution in [2.24, 2.45) is 4.99 Å². The number of hydrogen-bond donors (Lipinski definition) is 0. The van der Waals surface area contributed by atoms with Crippen LogP contribution in [0.2, 0.25) is 0 Å². The van der Waals surface area contributed by atoms with Crippen LogP contribution >= 0.6 is 11.3 Å². The minimum atomic E-state index is -0.801. The van der Waals surface area contributed by atoms with Crippen LogP contribution < -0.4 is 24.4 Å². The summed E-state index contributed by atoms with van der Waals surface area (Å²) in [4.78, 5) is 31.4. The van der Waals surface area contributed by atoms with Crippen molar-refractivity contribution in [3.8, 4) is 11.5 Å². The molecule has 1 atom stereocenters. The fourth-order valence-electron chi connectivity index (χ4n) is 3.92. The van der Waals surface area contributed by atoms with E-state index in [-0.39, 0.29) is 17.7 Å². The fraction of sp³-hybridized carbons (Fsp3) is 0.240. The van der Waals surface area contributed by atoms with Gasteiger partial charge in [0.05, 0.1) is 42.7 Å². The number of carbonyl (C=O) groups excluding carboxylic acids is 1. The zero-order valence-electron chi connectivity index (χ0n) is 19.1. The van der Waals surface area contributed by atoms with Crippen LogP contribution in [0.5, 0.6) is 11.5 Å². The van der Waals surface area contributed by atoms with E-state index in [0.717, 1.165) is 0 Å². The van der Waals surface area contributed by atoms with Gasteiger partial charge in [0, 0.05) is 5.56 Å². The number of halogens is 1. The van der Waals surface area contributed by atoms with Crippen molar-refractivity contribution in [1.29, 1.82) is 0 Å². The molecule has 3 aromatic rings. The highest BCUT2D eigenvalue weighted by atomic mass is 32.1. The third-order valence-corrected chi connectivity index (χ3v) is 6.41. The monoisotopic (exact) mass is 482 g/mol. The highest BCUT2D eigenvalue weighted by Gasteiger charge is 2.33. The summed E-state index contributed by atoms with van der Waals surface area (Å²) in [7, 11) is 3.07. The zero-order chi connectivity index (χ0) is 24.4. The molecule has 1 aliphatic heterocycles. The first-order chi connectivity index (χ1) is 16.4. The van der Waals surface area contributed by atoms with E-state index in [2.05, 4.69) is 4.99 Å². The average molecular weight is 483 g/mol. The summed E-state index contributed by atoms with van der Waals surface area (Å²) in [6.45, 7) is 3.58. The van der Waals surface area contributed by atoms with Gasteiger partial charge < -0.3 is 14.2 Å². The number of nitrogens with zero attached hydrogens (tertiary/aromatic N) is 2. The van der Waals surface area contributed by atoms with Gasteiger partial charge >= 0.3 is 5.97 Å². The van der Waals surface area contributed by atoms with Gasteiger partial charge in [0.25, 0.3) is 5.56 Å². The van der Waals surface area contributed by atoms with Gasteiger partial charge in [0.1, 0.15) is 5.82 Å². The molecule has 0 aliphatic carbocycles. The SMILES string of the molecule is CCOC(=O)C1=C(C)N=c2s/c(=C\c3cccc(OC)c3OC)c(=O)n2[C@@H]1c1ccc(F)cc1. The van der Waals surface area contributed by atoms with E-state index in [4.69, 9.17) is 14.2 Å². The number of benzene rings is 2. The summed E-state index contributed by atoms with van der Waals surface area (Å²) in [5.41, 5.74) is 1.58. The van der Waals surface area contributed by atoms with E-state index in [1.165, 1.54) is 42.3 Å². The molecule has 1 aliphatic rings. The molecule has 0 unspecified atom stereocenters. The molecule has 0 radical (unpaired) electrons. The van der Waals surface area contributed by atoms with Crippen LogP contribution in [0.15, 0.2) is 63.5 Å². The highest BCUT2D eigenvalue weighted by molar-refractivity contribution is 7.07. The molecule has 4 rings (SSSR count). The molecule has 0 fully saturated rings.